The molecule has 1 heterocycles. The van der Waals surface area contributed by atoms with Gasteiger partial charge in [0, 0.05) is 20.6 Å². The van der Waals surface area contributed by atoms with Gasteiger partial charge in [0.1, 0.15) is 10.6 Å². The lowest BCUT2D eigenvalue weighted by atomic mass is 10.2. The largest absolute Gasteiger partial charge is 0.508 e. The van der Waals surface area contributed by atoms with Crippen molar-refractivity contribution in [2.45, 2.75) is 25.3 Å². The number of aromatic hydroxyl groups is 1. The summed E-state index contributed by atoms with van der Waals surface area (Å²) in [5.74, 6) is 0.156. The Bertz CT molecular complexity index is 749. The second kappa shape index (κ2) is 5.50. The van der Waals surface area contributed by atoms with E-state index in [2.05, 4.69) is 5.10 Å². The zero-order chi connectivity index (χ0) is 15.8. The smallest absolute Gasteiger partial charge is 0.246 e. The molecule has 0 bridgehead atoms. The number of sulfonamides is 1. The molecule has 0 atom stereocenters. The fourth-order valence-corrected chi connectivity index (χ4v) is 3.78. The lowest BCUT2D eigenvalue weighted by Crippen LogP contribution is -2.27. The van der Waals surface area contributed by atoms with Crippen molar-refractivity contribution in [3.05, 3.63) is 41.2 Å². The van der Waals surface area contributed by atoms with Gasteiger partial charge in [-0.3, -0.25) is 4.68 Å². The van der Waals surface area contributed by atoms with Crippen molar-refractivity contribution in [1.82, 2.24) is 14.1 Å². The number of phenolic OH excluding ortho intramolecular Hbond substituents is 1. The van der Waals surface area contributed by atoms with E-state index in [9.17, 15) is 13.5 Å². The Kier molecular flexibility index (Phi) is 4.06. The molecule has 0 radical (unpaired) electrons. The molecule has 7 heteroatoms. The summed E-state index contributed by atoms with van der Waals surface area (Å²) in [6.07, 6.45) is 0. The predicted octanol–water partition coefficient (Wildman–Crippen LogP) is 1.56. The van der Waals surface area contributed by atoms with Gasteiger partial charge in [0.25, 0.3) is 0 Å². The van der Waals surface area contributed by atoms with Gasteiger partial charge in [0.2, 0.25) is 10.0 Å². The monoisotopic (exact) mass is 309 g/mol. The van der Waals surface area contributed by atoms with Crippen LogP contribution in [0, 0.1) is 13.8 Å². The van der Waals surface area contributed by atoms with Crippen LogP contribution in [0.4, 0.5) is 0 Å². The molecule has 1 aromatic heterocycles. The van der Waals surface area contributed by atoms with Crippen molar-refractivity contribution >= 4 is 10.0 Å². The van der Waals surface area contributed by atoms with E-state index in [-0.39, 0.29) is 17.2 Å². The topological polar surface area (TPSA) is 75.4 Å². The molecule has 0 spiro atoms. The van der Waals surface area contributed by atoms with Crippen molar-refractivity contribution in [1.29, 1.82) is 0 Å². The lowest BCUT2D eigenvalue weighted by Gasteiger charge is -2.17. The average molecular weight is 309 g/mol. The van der Waals surface area contributed by atoms with Crippen LogP contribution >= 0.6 is 0 Å². The summed E-state index contributed by atoms with van der Waals surface area (Å²) in [5, 5.41) is 13.4. The Balaban J connectivity index is 2.32. The molecule has 6 nitrogen and oxygen atoms in total. The first-order chi connectivity index (χ1) is 9.73. The highest BCUT2D eigenvalue weighted by atomic mass is 32.2. The first-order valence-electron chi connectivity index (χ1n) is 6.48. The van der Waals surface area contributed by atoms with Gasteiger partial charge >= 0.3 is 0 Å². The maximum atomic E-state index is 12.7. The fourth-order valence-electron chi connectivity index (χ4n) is 2.23. The number of aromatic nitrogens is 2. The van der Waals surface area contributed by atoms with Gasteiger partial charge in [-0.05, 0) is 31.5 Å². The Hall–Kier alpha value is -1.86. The molecule has 1 N–H and O–H groups in total. The van der Waals surface area contributed by atoms with E-state index in [4.69, 9.17) is 0 Å². The Morgan fingerprint density at radius 2 is 1.81 bits per heavy atom. The summed E-state index contributed by atoms with van der Waals surface area (Å²) in [6, 6.07) is 6.47. The van der Waals surface area contributed by atoms with E-state index in [0.717, 1.165) is 5.56 Å². The van der Waals surface area contributed by atoms with Crippen LogP contribution < -0.4 is 0 Å². The number of nitrogens with zero attached hydrogens (tertiary/aromatic N) is 3. The third kappa shape index (κ3) is 2.93. The normalized spacial score (nSPS) is 12.0. The molecule has 0 unspecified atom stereocenters. The van der Waals surface area contributed by atoms with Gasteiger partial charge in [-0.1, -0.05) is 12.1 Å². The van der Waals surface area contributed by atoms with Crippen LogP contribution in [0.3, 0.4) is 0 Å². The number of rotatable bonds is 4. The average Bonchev–Trinajstić information content (AvgIpc) is 2.66. The van der Waals surface area contributed by atoms with Crippen LogP contribution in [0.1, 0.15) is 17.0 Å². The van der Waals surface area contributed by atoms with Crippen molar-refractivity contribution < 1.29 is 13.5 Å². The van der Waals surface area contributed by atoms with Gasteiger partial charge in [-0.25, -0.2) is 8.42 Å². The Morgan fingerprint density at radius 3 is 2.29 bits per heavy atom. The van der Waals surface area contributed by atoms with Gasteiger partial charge in [-0.2, -0.15) is 9.40 Å². The first kappa shape index (κ1) is 15.5. The van der Waals surface area contributed by atoms with Crippen molar-refractivity contribution in [3.63, 3.8) is 0 Å². The number of aryl methyl sites for hydroxylation is 2. The van der Waals surface area contributed by atoms with E-state index >= 15 is 0 Å². The van der Waals surface area contributed by atoms with Crippen LogP contribution in [-0.2, 0) is 23.6 Å². The summed E-state index contributed by atoms with van der Waals surface area (Å²) in [7, 11) is -0.341. The van der Waals surface area contributed by atoms with Crippen molar-refractivity contribution in [2.24, 2.45) is 7.05 Å². The molecule has 0 fully saturated rings. The number of phenols is 1. The molecule has 0 amide bonds. The quantitative estimate of drug-likeness (QED) is 0.930. The van der Waals surface area contributed by atoms with Gasteiger partial charge in [0.05, 0.1) is 11.4 Å². The molecule has 2 rings (SSSR count). The maximum Gasteiger partial charge on any atom is 0.246 e. The Morgan fingerprint density at radius 1 is 1.24 bits per heavy atom. The summed E-state index contributed by atoms with van der Waals surface area (Å²) in [5.41, 5.74) is 1.91. The molecule has 0 aliphatic rings. The third-order valence-corrected chi connectivity index (χ3v) is 5.51. The minimum absolute atomic E-state index is 0.156. The summed E-state index contributed by atoms with van der Waals surface area (Å²) < 4.78 is 28.2. The van der Waals surface area contributed by atoms with Crippen LogP contribution in [0.15, 0.2) is 29.2 Å². The fraction of sp³-hybridized carbons (Fsp3) is 0.357. The molecular formula is C14H19N3O3S. The van der Waals surface area contributed by atoms with Crippen molar-refractivity contribution in [2.75, 3.05) is 7.05 Å². The second-order valence-corrected chi connectivity index (χ2v) is 7.03. The van der Waals surface area contributed by atoms with Gasteiger partial charge in [-0.15, -0.1) is 0 Å². The van der Waals surface area contributed by atoms with Crippen LogP contribution in [0.5, 0.6) is 5.75 Å². The third-order valence-electron chi connectivity index (χ3n) is 3.45. The highest BCUT2D eigenvalue weighted by Gasteiger charge is 2.28. The minimum atomic E-state index is -3.60. The Labute approximate surface area is 124 Å². The van der Waals surface area contributed by atoms with E-state index in [1.807, 2.05) is 0 Å². The zero-order valence-electron chi connectivity index (χ0n) is 12.5. The predicted molar refractivity (Wildman–Crippen MR) is 79.4 cm³/mol. The highest BCUT2D eigenvalue weighted by molar-refractivity contribution is 7.89. The van der Waals surface area contributed by atoms with Gasteiger partial charge < -0.3 is 5.11 Å². The minimum Gasteiger partial charge on any atom is -0.508 e. The summed E-state index contributed by atoms with van der Waals surface area (Å²) >= 11 is 0. The van der Waals surface area contributed by atoms with Crippen LogP contribution in [0.25, 0.3) is 0 Å². The van der Waals surface area contributed by atoms with Crippen LogP contribution in [-0.4, -0.2) is 34.7 Å². The molecule has 1 aromatic carbocycles. The van der Waals surface area contributed by atoms with Crippen LogP contribution in [0.2, 0.25) is 0 Å². The molecule has 0 saturated heterocycles. The summed E-state index contributed by atoms with van der Waals surface area (Å²) in [4.78, 5) is 0.256. The van der Waals surface area contributed by atoms with E-state index in [1.54, 1.807) is 37.7 Å². The zero-order valence-corrected chi connectivity index (χ0v) is 13.3. The second-order valence-electron chi connectivity index (χ2n) is 5.05. The van der Waals surface area contributed by atoms with E-state index in [0.29, 0.717) is 11.4 Å². The molecular weight excluding hydrogens is 290 g/mol. The first-order valence-corrected chi connectivity index (χ1v) is 7.92. The standard InChI is InChI=1S/C14H19N3O3S/c1-10-14(11(2)17(4)15-10)21(19,20)16(3)9-12-5-7-13(18)8-6-12/h5-8,18H,9H2,1-4H3. The number of hydrogen-bond acceptors (Lipinski definition) is 4. The maximum absolute atomic E-state index is 12.7. The lowest BCUT2D eigenvalue weighted by molar-refractivity contribution is 0.463. The number of benzene rings is 1. The van der Waals surface area contributed by atoms with E-state index in [1.165, 1.54) is 23.5 Å². The molecule has 0 aliphatic heterocycles. The molecule has 0 saturated carbocycles. The van der Waals surface area contributed by atoms with Gasteiger partial charge in [0.15, 0.2) is 0 Å². The molecule has 21 heavy (non-hydrogen) atoms. The molecule has 0 aliphatic carbocycles. The number of hydrogen-bond donors (Lipinski definition) is 1. The molecule has 2 aromatic rings. The van der Waals surface area contributed by atoms with Crippen molar-refractivity contribution in [3.8, 4) is 5.75 Å². The SMILES string of the molecule is Cc1nn(C)c(C)c1S(=O)(=O)N(C)Cc1ccc(O)cc1. The summed E-state index contributed by atoms with van der Waals surface area (Å²) in [6.45, 7) is 3.66. The molecule has 114 valence electrons. The highest BCUT2D eigenvalue weighted by Crippen LogP contribution is 2.23. The van der Waals surface area contributed by atoms with E-state index < -0.39 is 10.0 Å².